The Bertz CT molecular complexity index is 765. The summed E-state index contributed by atoms with van der Waals surface area (Å²) in [5.74, 6) is -0.478. The van der Waals surface area contributed by atoms with Crippen LogP contribution in [0.5, 0.6) is 0 Å². The minimum Gasteiger partial charge on any atom is -0.462 e. The van der Waals surface area contributed by atoms with Crippen molar-refractivity contribution in [3.63, 3.8) is 0 Å². The van der Waals surface area contributed by atoms with Gasteiger partial charge in [0.2, 0.25) is 5.91 Å². The van der Waals surface area contributed by atoms with Crippen molar-refractivity contribution >= 4 is 17.6 Å². The lowest BCUT2D eigenvalue weighted by atomic mass is 10.0. The van der Waals surface area contributed by atoms with E-state index in [-0.39, 0.29) is 11.9 Å². The fraction of sp³-hybridized carbons (Fsp3) is 0.300. The van der Waals surface area contributed by atoms with Crippen molar-refractivity contribution in [3.05, 3.63) is 64.2 Å². The van der Waals surface area contributed by atoms with Crippen molar-refractivity contribution in [2.45, 2.75) is 34.1 Å². The number of carbonyl (C=O) groups is 2. The van der Waals surface area contributed by atoms with Crippen LogP contribution in [0.25, 0.3) is 0 Å². The SMILES string of the molecule is CCOC(=O)c1cccc(NC(=O)Cc2cc(C)ccc2C)c1C. The number of benzene rings is 2. The largest absolute Gasteiger partial charge is 0.462 e. The van der Waals surface area contributed by atoms with Crippen LogP contribution in [-0.4, -0.2) is 18.5 Å². The van der Waals surface area contributed by atoms with Crippen molar-refractivity contribution in [2.24, 2.45) is 0 Å². The molecule has 24 heavy (non-hydrogen) atoms. The Kier molecular flexibility index (Phi) is 5.74. The predicted octanol–water partition coefficient (Wildman–Crippen LogP) is 3.97. The lowest BCUT2D eigenvalue weighted by Gasteiger charge is -2.13. The third kappa shape index (κ3) is 4.22. The molecule has 126 valence electrons. The molecule has 0 bridgehead atoms. The molecule has 4 heteroatoms. The molecule has 0 unspecified atom stereocenters. The van der Waals surface area contributed by atoms with Crippen molar-refractivity contribution in [2.75, 3.05) is 11.9 Å². The lowest BCUT2D eigenvalue weighted by molar-refractivity contribution is -0.115. The summed E-state index contributed by atoms with van der Waals surface area (Å²) in [5, 5.41) is 2.90. The molecule has 0 spiro atoms. The molecule has 4 nitrogen and oxygen atoms in total. The summed E-state index contributed by atoms with van der Waals surface area (Å²) in [5.41, 5.74) is 5.05. The summed E-state index contributed by atoms with van der Waals surface area (Å²) >= 11 is 0. The zero-order chi connectivity index (χ0) is 17.7. The van der Waals surface area contributed by atoms with Gasteiger partial charge in [0.25, 0.3) is 0 Å². The number of hydrogen-bond acceptors (Lipinski definition) is 3. The van der Waals surface area contributed by atoms with Gasteiger partial charge in [0.1, 0.15) is 0 Å². The van der Waals surface area contributed by atoms with E-state index in [4.69, 9.17) is 4.74 Å². The summed E-state index contributed by atoms with van der Waals surface area (Å²) < 4.78 is 5.04. The van der Waals surface area contributed by atoms with Crippen molar-refractivity contribution in [3.8, 4) is 0 Å². The molecular formula is C20H23NO3. The maximum absolute atomic E-state index is 12.4. The highest BCUT2D eigenvalue weighted by Gasteiger charge is 2.14. The second-order valence-electron chi connectivity index (χ2n) is 5.85. The summed E-state index contributed by atoms with van der Waals surface area (Å²) in [6, 6.07) is 11.3. The highest BCUT2D eigenvalue weighted by molar-refractivity contribution is 5.97. The van der Waals surface area contributed by atoms with Gasteiger partial charge < -0.3 is 10.1 Å². The molecular weight excluding hydrogens is 302 g/mol. The van der Waals surface area contributed by atoms with E-state index < -0.39 is 0 Å². The highest BCUT2D eigenvalue weighted by atomic mass is 16.5. The van der Waals surface area contributed by atoms with E-state index in [1.165, 1.54) is 0 Å². The summed E-state index contributed by atoms with van der Waals surface area (Å²) in [4.78, 5) is 24.3. The van der Waals surface area contributed by atoms with E-state index in [0.29, 0.717) is 29.8 Å². The zero-order valence-electron chi connectivity index (χ0n) is 14.6. The molecule has 0 fully saturated rings. The van der Waals surface area contributed by atoms with Crippen LogP contribution in [0.15, 0.2) is 36.4 Å². The zero-order valence-corrected chi connectivity index (χ0v) is 14.6. The number of hydrogen-bond donors (Lipinski definition) is 1. The average Bonchev–Trinajstić information content (AvgIpc) is 2.53. The molecule has 0 radical (unpaired) electrons. The van der Waals surface area contributed by atoms with Crippen LogP contribution in [0.4, 0.5) is 5.69 Å². The number of aryl methyl sites for hydroxylation is 2. The smallest absolute Gasteiger partial charge is 0.338 e. The molecule has 1 N–H and O–H groups in total. The Morgan fingerprint density at radius 1 is 1.08 bits per heavy atom. The van der Waals surface area contributed by atoms with Crippen LogP contribution in [0.3, 0.4) is 0 Å². The quantitative estimate of drug-likeness (QED) is 0.846. The second kappa shape index (κ2) is 7.77. The van der Waals surface area contributed by atoms with Crippen molar-refractivity contribution in [1.82, 2.24) is 0 Å². The fourth-order valence-corrected chi connectivity index (χ4v) is 2.56. The fourth-order valence-electron chi connectivity index (χ4n) is 2.56. The van der Waals surface area contributed by atoms with Gasteiger partial charge in [-0.3, -0.25) is 4.79 Å². The number of amides is 1. The minimum atomic E-state index is -0.374. The minimum absolute atomic E-state index is 0.104. The Morgan fingerprint density at radius 3 is 2.54 bits per heavy atom. The summed E-state index contributed by atoms with van der Waals surface area (Å²) in [6.07, 6.45) is 0.302. The maximum atomic E-state index is 12.4. The molecule has 2 aromatic carbocycles. The molecule has 2 aromatic rings. The van der Waals surface area contributed by atoms with E-state index >= 15 is 0 Å². The topological polar surface area (TPSA) is 55.4 Å². The van der Waals surface area contributed by atoms with E-state index in [0.717, 1.165) is 16.7 Å². The van der Waals surface area contributed by atoms with Crippen LogP contribution < -0.4 is 5.32 Å². The number of nitrogens with one attached hydrogen (secondary N) is 1. The van der Waals surface area contributed by atoms with Crippen molar-refractivity contribution in [1.29, 1.82) is 0 Å². The summed E-state index contributed by atoms with van der Waals surface area (Å²) in [6.45, 7) is 7.90. The lowest BCUT2D eigenvalue weighted by Crippen LogP contribution is -2.17. The number of anilines is 1. The van der Waals surface area contributed by atoms with E-state index in [2.05, 4.69) is 5.32 Å². The molecule has 2 rings (SSSR count). The first-order valence-electron chi connectivity index (χ1n) is 8.05. The third-order valence-corrected chi connectivity index (χ3v) is 3.96. The van der Waals surface area contributed by atoms with Gasteiger partial charge in [-0.1, -0.05) is 29.8 Å². The monoisotopic (exact) mass is 325 g/mol. The molecule has 0 saturated heterocycles. The molecule has 0 atom stereocenters. The van der Waals surface area contributed by atoms with Crippen LogP contribution >= 0.6 is 0 Å². The van der Waals surface area contributed by atoms with Gasteiger partial charge in [0, 0.05) is 5.69 Å². The highest BCUT2D eigenvalue weighted by Crippen LogP contribution is 2.20. The Labute approximate surface area is 142 Å². The first kappa shape index (κ1) is 17.7. The molecule has 1 amide bonds. The maximum Gasteiger partial charge on any atom is 0.338 e. The van der Waals surface area contributed by atoms with Gasteiger partial charge in [0.05, 0.1) is 18.6 Å². The van der Waals surface area contributed by atoms with Gasteiger partial charge in [-0.15, -0.1) is 0 Å². The van der Waals surface area contributed by atoms with E-state index in [1.54, 1.807) is 32.0 Å². The third-order valence-electron chi connectivity index (χ3n) is 3.96. The summed E-state index contributed by atoms with van der Waals surface area (Å²) in [7, 11) is 0. The van der Waals surface area contributed by atoms with Crippen LogP contribution in [0, 0.1) is 20.8 Å². The van der Waals surface area contributed by atoms with Crippen LogP contribution in [-0.2, 0) is 16.0 Å². The molecule has 0 heterocycles. The molecule has 0 aromatic heterocycles. The normalized spacial score (nSPS) is 10.3. The van der Waals surface area contributed by atoms with Gasteiger partial charge in [0.15, 0.2) is 0 Å². The Morgan fingerprint density at radius 2 is 1.83 bits per heavy atom. The first-order chi connectivity index (χ1) is 11.4. The van der Waals surface area contributed by atoms with Gasteiger partial charge in [-0.05, 0) is 56.5 Å². The van der Waals surface area contributed by atoms with Crippen LogP contribution in [0.2, 0.25) is 0 Å². The standard InChI is InChI=1S/C20H23NO3/c1-5-24-20(23)17-7-6-8-18(15(17)4)21-19(22)12-16-11-13(2)9-10-14(16)3/h6-11H,5,12H2,1-4H3,(H,21,22). The molecule has 0 saturated carbocycles. The van der Waals surface area contributed by atoms with E-state index in [1.807, 2.05) is 32.0 Å². The van der Waals surface area contributed by atoms with Gasteiger partial charge in [-0.2, -0.15) is 0 Å². The Hall–Kier alpha value is -2.62. The molecule has 0 aliphatic rings. The average molecular weight is 325 g/mol. The number of carbonyl (C=O) groups excluding carboxylic acids is 2. The number of ether oxygens (including phenoxy) is 1. The predicted molar refractivity (Wildman–Crippen MR) is 95.4 cm³/mol. The second-order valence-corrected chi connectivity index (χ2v) is 5.85. The van der Waals surface area contributed by atoms with E-state index in [9.17, 15) is 9.59 Å². The number of rotatable bonds is 5. The number of esters is 1. The Balaban J connectivity index is 2.16. The van der Waals surface area contributed by atoms with Crippen molar-refractivity contribution < 1.29 is 14.3 Å². The first-order valence-corrected chi connectivity index (χ1v) is 8.05. The van der Waals surface area contributed by atoms with Gasteiger partial charge in [-0.25, -0.2) is 4.79 Å². The van der Waals surface area contributed by atoms with Crippen LogP contribution in [0.1, 0.15) is 39.5 Å². The molecule has 0 aliphatic carbocycles. The van der Waals surface area contributed by atoms with Gasteiger partial charge >= 0.3 is 5.97 Å². The molecule has 0 aliphatic heterocycles.